The van der Waals surface area contributed by atoms with Gasteiger partial charge in [-0.15, -0.1) is 11.3 Å². The number of methoxy groups -OCH3 is 1. The van der Waals surface area contributed by atoms with Crippen molar-refractivity contribution in [3.8, 4) is 5.75 Å². The number of nitrogens with zero attached hydrogens (tertiary/aromatic N) is 1. The minimum absolute atomic E-state index is 0.147. The van der Waals surface area contributed by atoms with Crippen molar-refractivity contribution in [1.29, 1.82) is 0 Å². The van der Waals surface area contributed by atoms with Crippen LogP contribution in [0.1, 0.15) is 30.7 Å². The van der Waals surface area contributed by atoms with E-state index < -0.39 is 0 Å². The van der Waals surface area contributed by atoms with Crippen molar-refractivity contribution in [2.45, 2.75) is 31.8 Å². The zero-order valence-corrected chi connectivity index (χ0v) is 17.5. The van der Waals surface area contributed by atoms with Gasteiger partial charge in [0.15, 0.2) is 0 Å². The highest BCUT2D eigenvalue weighted by atomic mass is 32.1. The number of amides is 1. The van der Waals surface area contributed by atoms with E-state index in [1.807, 2.05) is 12.1 Å². The third kappa shape index (κ3) is 4.33. The third-order valence-corrected chi connectivity index (χ3v) is 6.91. The zero-order valence-electron chi connectivity index (χ0n) is 16.7. The summed E-state index contributed by atoms with van der Waals surface area (Å²) < 4.78 is 5.27. The van der Waals surface area contributed by atoms with Gasteiger partial charge in [-0.1, -0.05) is 6.07 Å². The summed E-state index contributed by atoms with van der Waals surface area (Å²) in [6, 6.07) is 13.1. The largest absolute Gasteiger partial charge is 0.497 e. The first-order valence-electron chi connectivity index (χ1n) is 10.2. The summed E-state index contributed by atoms with van der Waals surface area (Å²) in [7, 11) is 1.70. The Morgan fingerprint density at radius 1 is 1.21 bits per heavy atom. The summed E-state index contributed by atoms with van der Waals surface area (Å²) in [4.78, 5) is 17.7. The lowest BCUT2D eigenvalue weighted by Gasteiger charge is -2.39. The molecule has 0 bridgehead atoms. The van der Waals surface area contributed by atoms with Crippen molar-refractivity contribution in [2.75, 3.05) is 38.2 Å². The van der Waals surface area contributed by atoms with Crippen LogP contribution in [-0.2, 0) is 4.79 Å². The van der Waals surface area contributed by atoms with Crippen LogP contribution >= 0.6 is 11.3 Å². The lowest BCUT2D eigenvalue weighted by Crippen LogP contribution is -3.16. The predicted octanol–water partition coefficient (Wildman–Crippen LogP) is 2.12. The SMILES string of the molecule is COc1ccc(N2CC[NH+]([C@@H](c3cccs3)[C@@H](C)NC(=O)C3CC3)CC2)cc1. The van der Waals surface area contributed by atoms with Crippen molar-refractivity contribution < 1.29 is 14.4 Å². The molecular formula is C22H30N3O2S+. The normalized spacial score (nSPS) is 19.9. The Bertz CT molecular complexity index is 766. The fourth-order valence-corrected chi connectivity index (χ4v) is 5.19. The molecule has 2 fully saturated rings. The maximum absolute atomic E-state index is 12.3. The van der Waals surface area contributed by atoms with Crippen LogP contribution in [0.5, 0.6) is 5.75 Å². The summed E-state index contributed by atoms with van der Waals surface area (Å²) in [5, 5.41) is 5.45. The monoisotopic (exact) mass is 400 g/mol. The first-order chi connectivity index (χ1) is 13.7. The summed E-state index contributed by atoms with van der Waals surface area (Å²) in [5.74, 6) is 1.39. The Balaban J connectivity index is 1.42. The van der Waals surface area contributed by atoms with Crippen LogP contribution in [0.3, 0.4) is 0 Å². The molecule has 1 saturated carbocycles. The Hall–Kier alpha value is -2.05. The van der Waals surface area contributed by atoms with Gasteiger partial charge in [-0.2, -0.15) is 0 Å². The van der Waals surface area contributed by atoms with Crippen LogP contribution in [-0.4, -0.2) is 45.2 Å². The van der Waals surface area contributed by atoms with E-state index in [-0.39, 0.29) is 17.9 Å². The molecule has 1 aromatic carbocycles. The molecule has 1 aliphatic carbocycles. The van der Waals surface area contributed by atoms with E-state index in [1.54, 1.807) is 23.3 Å². The number of hydrogen-bond donors (Lipinski definition) is 2. The summed E-state index contributed by atoms with van der Waals surface area (Å²) >= 11 is 1.81. The van der Waals surface area contributed by atoms with Crippen molar-refractivity contribution in [2.24, 2.45) is 5.92 Å². The molecule has 2 heterocycles. The van der Waals surface area contributed by atoms with Gasteiger partial charge < -0.3 is 19.9 Å². The van der Waals surface area contributed by atoms with Gasteiger partial charge in [-0.3, -0.25) is 4.79 Å². The molecule has 0 spiro atoms. The molecule has 28 heavy (non-hydrogen) atoms. The molecule has 6 heteroatoms. The highest BCUT2D eigenvalue weighted by Gasteiger charge is 2.37. The second-order valence-corrected chi connectivity index (χ2v) is 8.89. The summed E-state index contributed by atoms with van der Waals surface area (Å²) in [5.41, 5.74) is 1.25. The van der Waals surface area contributed by atoms with Gasteiger partial charge in [-0.05, 0) is 55.5 Å². The zero-order chi connectivity index (χ0) is 19.5. The number of hydrogen-bond acceptors (Lipinski definition) is 4. The first-order valence-corrected chi connectivity index (χ1v) is 11.1. The van der Waals surface area contributed by atoms with E-state index in [4.69, 9.17) is 4.74 Å². The number of rotatable bonds is 7. The lowest BCUT2D eigenvalue weighted by molar-refractivity contribution is -0.933. The Kier molecular flexibility index (Phi) is 5.87. The van der Waals surface area contributed by atoms with Crippen LogP contribution in [0.2, 0.25) is 0 Å². The van der Waals surface area contributed by atoms with Gasteiger partial charge in [0.25, 0.3) is 0 Å². The maximum atomic E-state index is 12.3. The van der Waals surface area contributed by atoms with Crippen molar-refractivity contribution in [3.63, 3.8) is 0 Å². The summed E-state index contributed by atoms with van der Waals surface area (Å²) in [6.07, 6.45) is 2.10. The van der Waals surface area contributed by atoms with Gasteiger partial charge in [0, 0.05) is 11.6 Å². The van der Waals surface area contributed by atoms with Gasteiger partial charge in [0.1, 0.15) is 11.8 Å². The number of benzene rings is 1. The van der Waals surface area contributed by atoms with Gasteiger partial charge in [-0.25, -0.2) is 0 Å². The molecule has 1 aliphatic heterocycles. The van der Waals surface area contributed by atoms with E-state index in [9.17, 15) is 4.79 Å². The number of anilines is 1. The smallest absolute Gasteiger partial charge is 0.223 e. The van der Waals surface area contributed by atoms with Crippen molar-refractivity contribution in [1.82, 2.24) is 5.32 Å². The number of carbonyl (C=O) groups excluding carboxylic acids is 1. The second-order valence-electron chi connectivity index (χ2n) is 7.91. The Labute approximate surface area is 171 Å². The number of thiophene rings is 1. The molecule has 1 aromatic heterocycles. The minimum Gasteiger partial charge on any atom is -0.497 e. The summed E-state index contributed by atoms with van der Waals surface area (Å²) in [6.45, 7) is 6.35. The van der Waals surface area contributed by atoms with Gasteiger partial charge >= 0.3 is 0 Å². The van der Waals surface area contributed by atoms with Crippen LogP contribution < -0.4 is 19.9 Å². The fraction of sp³-hybridized carbons (Fsp3) is 0.500. The molecule has 2 atom stereocenters. The van der Waals surface area contributed by atoms with Gasteiger partial charge in [0.05, 0.1) is 44.2 Å². The standard InChI is InChI=1S/C22H29N3O2S/c1-16(23-22(26)17-5-6-17)21(20-4-3-15-28-20)25-13-11-24(12-14-25)18-7-9-19(27-2)10-8-18/h3-4,7-10,15-17,21H,5-6,11-14H2,1-2H3,(H,23,26)/p+1/t16-,21-/m1/s1. The number of piperazine rings is 1. The van der Waals surface area contributed by atoms with Crippen molar-refractivity contribution in [3.05, 3.63) is 46.7 Å². The third-order valence-electron chi connectivity index (χ3n) is 5.95. The van der Waals surface area contributed by atoms with E-state index in [0.717, 1.165) is 44.8 Å². The Morgan fingerprint density at radius 3 is 2.50 bits per heavy atom. The van der Waals surface area contributed by atoms with Crippen LogP contribution in [0, 0.1) is 5.92 Å². The highest BCUT2D eigenvalue weighted by Crippen LogP contribution is 2.29. The quantitative estimate of drug-likeness (QED) is 0.748. The number of ether oxygens (including phenoxy) is 1. The topological polar surface area (TPSA) is 46.0 Å². The number of quaternary nitrogens is 1. The highest BCUT2D eigenvalue weighted by molar-refractivity contribution is 7.10. The van der Waals surface area contributed by atoms with Crippen LogP contribution in [0.15, 0.2) is 41.8 Å². The molecule has 1 amide bonds. The van der Waals surface area contributed by atoms with E-state index in [1.165, 1.54) is 10.6 Å². The van der Waals surface area contributed by atoms with Gasteiger partial charge in [0.2, 0.25) is 5.91 Å². The number of nitrogens with one attached hydrogen (secondary N) is 2. The molecule has 4 rings (SSSR count). The first kappa shape index (κ1) is 19.3. The molecule has 2 aliphatic rings. The average molecular weight is 401 g/mol. The molecule has 0 radical (unpaired) electrons. The number of carbonyl (C=O) groups is 1. The molecule has 0 unspecified atom stereocenters. The van der Waals surface area contributed by atoms with Crippen molar-refractivity contribution >= 4 is 22.9 Å². The Morgan fingerprint density at radius 2 is 1.93 bits per heavy atom. The fourth-order valence-electron chi connectivity index (χ4n) is 4.20. The molecular weight excluding hydrogens is 370 g/mol. The molecule has 5 nitrogen and oxygen atoms in total. The molecule has 2 N–H and O–H groups in total. The average Bonchev–Trinajstić information content (AvgIpc) is 3.45. The lowest BCUT2D eigenvalue weighted by atomic mass is 10.0. The molecule has 1 saturated heterocycles. The predicted molar refractivity (Wildman–Crippen MR) is 113 cm³/mol. The van der Waals surface area contributed by atoms with Crippen LogP contribution in [0.25, 0.3) is 0 Å². The molecule has 2 aromatic rings. The van der Waals surface area contributed by atoms with E-state index in [0.29, 0.717) is 6.04 Å². The second kappa shape index (κ2) is 8.53. The van der Waals surface area contributed by atoms with E-state index in [2.05, 4.69) is 46.8 Å². The van der Waals surface area contributed by atoms with Crippen LogP contribution in [0.4, 0.5) is 5.69 Å². The molecule has 150 valence electrons. The van der Waals surface area contributed by atoms with E-state index >= 15 is 0 Å². The maximum Gasteiger partial charge on any atom is 0.223 e. The minimum atomic E-state index is 0.147.